The highest BCUT2D eigenvalue weighted by Crippen LogP contribution is 2.33. The molecular weight excluding hydrogens is 445 g/mol. The molecule has 1 N–H and O–H groups in total. The van der Waals surface area contributed by atoms with Gasteiger partial charge < -0.3 is 9.47 Å². The maximum atomic E-state index is 6.33. The van der Waals surface area contributed by atoms with Crippen LogP contribution in [0, 0.1) is 6.92 Å². The molecule has 2 rings (SSSR count). The number of aryl methyl sites for hydroxylation is 1. The van der Waals surface area contributed by atoms with Crippen molar-refractivity contribution in [3.63, 3.8) is 0 Å². The number of rotatable bonds is 13. The SMILES string of the molecule is C=C(NOCCCCCOc1c(C)cc(OCC=C(Cl)Cl)cc1Cl)c1ccccc1. The van der Waals surface area contributed by atoms with Crippen molar-refractivity contribution in [2.45, 2.75) is 26.2 Å². The van der Waals surface area contributed by atoms with Gasteiger partial charge in [0.25, 0.3) is 0 Å². The average Bonchev–Trinajstić information content (AvgIpc) is 2.71. The third-order valence-electron chi connectivity index (χ3n) is 4.15. The van der Waals surface area contributed by atoms with Crippen molar-refractivity contribution in [1.82, 2.24) is 5.48 Å². The smallest absolute Gasteiger partial charge is 0.141 e. The zero-order valence-electron chi connectivity index (χ0n) is 16.9. The van der Waals surface area contributed by atoms with Crippen LogP contribution in [0.1, 0.15) is 30.4 Å². The summed E-state index contributed by atoms with van der Waals surface area (Å²) in [6, 6.07) is 13.4. The Kier molecular flexibility index (Phi) is 11.0. The Morgan fingerprint density at radius 3 is 2.47 bits per heavy atom. The topological polar surface area (TPSA) is 39.7 Å². The van der Waals surface area contributed by atoms with Gasteiger partial charge in [0.05, 0.1) is 23.9 Å². The van der Waals surface area contributed by atoms with Gasteiger partial charge in [0.2, 0.25) is 0 Å². The first kappa shape index (κ1) is 24.4. The monoisotopic (exact) mass is 469 g/mol. The molecule has 0 saturated heterocycles. The predicted molar refractivity (Wildman–Crippen MR) is 125 cm³/mol. The van der Waals surface area contributed by atoms with E-state index >= 15 is 0 Å². The van der Waals surface area contributed by atoms with E-state index in [-0.39, 0.29) is 11.1 Å². The van der Waals surface area contributed by atoms with E-state index in [2.05, 4.69) is 12.1 Å². The van der Waals surface area contributed by atoms with Gasteiger partial charge in [0, 0.05) is 6.07 Å². The molecule has 30 heavy (non-hydrogen) atoms. The number of hydroxylamine groups is 1. The summed E-state index contributed by atoms with van der Waals surface area (Å²) in [5, 5.41) is 0.512. The van der Waals surface area contributed by atoms with Gasteiger partial charge >= 0.3 is 0 Å². The zero-order valence-corrected chi connectivity index (χ0v) is 19.2. The van der Waals surface area contributed by atoms with E-state index in [4.69, 9.17) is 49.1 Å². The summed E-state index contributed by atoms with van der Waals surface area (Å²) in [7, 11) is 0. The largest absolute Gasteiger partial charge is 0.492 e. The van der Waals surface area contributed by atoms with Gasteiger partial charge in [-0.15, -0.1) is 0 Å². The second-order valence-electron chi connectivity index (χ2n) is 6.56. The lowest BCUT2D eigenvalue weighted by Gasteiger charge is -2.13. The Balaban J connectivity index is 1.62. The molecule has 0 atom stereocenters. The summed E-state index contributed by atoms with van der Waals surface area (Å²) < 4.78 is 11.6. The molecule has 0 bridgehead atoms. The molecule has 0 aromatic heterocycles. The van der Waals surface area contributed by atoms with E-state index in [1.807, 2.05) is 43.3 Å². The van der Waals surface area contributed by atoms with Gasteiger partial charge in [-0.1, -0.05) is 71.7 Å². The first-order valence-electron chi connectivity index (χ1n) is 9.66. The number of hydrogen-bond acceptors (Lipinski definition) is 4. The molecule has 4 nitrogen and oxygen atoms in total. The molecule has 2 aromatic carbocycles. The molecule has 2 aromatic rings. The van der Waals surface area contributed by atoms with E-state index in [1.54, 1.807) is 12.1 Å². The van der Waals surface area contributed by atoms with Crippen LogP contribution < -0.4 is 15.0 Å². The highest BCUT2D eigenvalue weighted by atomic mass is 35.5. The van der Waals surface area contributed by atoms with Crippen LogP contribution in [0.3, 0.4) is 0 Å². The molecule has 0 aliphatic heterocycles. The Labute approximate surface area is 193 Å². The second-order valence-corrected chi connectivity index (χ2v) is 7.98. The number of unbranched alkanes of at least 4 members (excludes halogenated alkanes) is 2. The first-order chi connectivity index (χ1) is 14.5. The molecule has 7 heteroatoms. The molecule has 0 fully saturated rings. The van der Waals surface area contributed by atoms with E-state index < -0.39 is 0 Å². The molecule has 0 spiro atoms. The van der Waals surface area contributed by atoms with E-state index in [9.17, 15) is 0 Å². The maximum absolute atomic E-state index is 6.33. The van der Waals surface area contributed by atoms with Gasteiger partial charge in [0.15, 0.2) is 0 Å². The number of hydrogen-bond donors (Lipinski definition) is 1. The lowest BCUT2D eigenvalue weighted by molar-refractivity contribution is 0.0747. The highest BCUT2D eigenvalue weighted by molar-refractivity contribution is 6.55. The van der Waals surface area contributed by atoms with Crippen molar-refractivity contribution in [2.75, 3.05) is 19.8 Å². The van der Waals surface area contributed by atoms with Gasteiger partial charge in [0.1, 0.15) is 22.6 Å². The fourth-order valence-electron chi connectivity index (χ4n) is 2.63. The van der Waals surface area contributed by atoms with Crippen LogP contribution in [0.15, 0.2) is 59.6 Å². The molecule has 0 aliphatic carbocycles. The van der Waals surface area contributed by atoms with Crippen LogP contribution in [0.2, 0.25) is 5.02 Å². The van der Waals surface area contributed by atoms with E-state index in [0.29, 0.717) is 29.7 Å². The molecule has 0 amide bonds. The lowest BCUT2D eigenvalue weighted by atomic mass is 10.2. The summed E-state index contributed by atoms with van der Waals surface area (Å²) in [4.78, 5) is 5.47. The Hall–Kier alpha value is -1.85. The quantitative estimate of drug-likeness (QED) is 0.251. The standard InChI is InChI=1S/C23H26Cl3NO3/c1-17-15-20(28-14-11-22(25)26)16-21(24)23(17)29-12-7-4-8-13-30-27-18(2)19-9-5-3-6-10-19/h3,5-6,9-11,15-16,27H,2,4,7-8,12-14H2,1H3. The lowest BCUT2D eigenvalue weighted by Crippen LogP contribution is -2.13. The minimum absolute atomic E-state index is 0.167. The summed E-state index contributed by atoms with van der Waals surface area (Å²) in [6.07, 6.45) is 4.35. The normalized spacial score (nSPS) is 10.4. The van der Waals surface area contributed by atoms with Crippen LogP contribution in [-0.4, -0.2) is 19.8 Å². The third kappa shape index (κ3) is 8.88. The van der Waals surface area contributed by atoms with Gasteiger partial charge in [-0.2, -0.15) is 0 Å². The molecular formula is C23H26Cl3NO3. The Morgan fingerprint density at radius 1 is 1.03 bits per heavy atom. The van der Waals surface area contributed by atoms with Crippen molar-refractivity contribution >= 4 is 40.5 Å². The predicted octanol–water partition coefficient (Wildman–Crippen LogP) is 7.09. The van der Waals surface area contributed by atoms with Crippen LogP contribution in [0.4, 0.5) is 0 Å². The van der Waals surface area contributed by atoms with Gasteiger partial charge in [-0.05, 0) is 49.5 Å². The van der Waals surface area contributed by atoms with Gasteiger partial charge in [-0.3, -0.25) is 10.3 Å². The van der Waals surface area contributed by atoms with Crippen LogP contribution >= 0.6 is 34.8 Å². The van der Waals surface area contributed by atoms with Crippen molar-refractivity contribution < 1.29 is 14.3 Å². The minimum atomic E-state index is 0.167. The van der Waals surface area contributed by atoms with Crippen molar-refractivity contribution in [2.24, 2.45) is 0 Å². The van der Waals surface area contributed by atoms with Crippen LogP contribution in [0.25, 0.3) is 5.70 Å². The molecule has 0 radical (unpaired) electrons. The third-order valence-corrected chi connectivity index (χ3v) is 4.73. The van der Waals surface area contributed by atoms with E-state index in [1.165, 1.54) is 0 Å². The fourth-order valence-corrected chi connectivity index (χ4v) is 3.07. The number of halogens is 3. The number of benzene rings is 2. The van der Waals surface area contributed by atoms with Crippen molar-refractivity contribution in [1.29, 1.82) is 0 Å². The first-order valence-corrected chi connectivity index (χ1v) is 10.8. The number of nitrogens with one attached hydrogen (secondary N) is 1. The molecule has 0 saturated carbocycles. The van der Waals surface area contributed by atoms with Crippen LogP contribution in [-0.2, 0) is 4.84 Å². The summed E-state index contributed by atoms with van der Waals surface area (Å²) >= 11 is 17.5. The number of ether oxygens (including phenoxy) is 2. The summed E-state index contributed by atoms with van der Waals surface area (Å²) in [5.41, 5.74) is 5.55. The average molecular weight is 471 g/mol. The van der Waals surface area contributed by atoms with Crippen molar-refractivity contribution in [3.05, 3.63) is 75.8 Å². The molecule has 0 heterocycles. The fraction of sp³-hybridized carbons (Fsp3) is 0.304. The van der Waals surface area contributed by atoms with E-state index in [0.717, 1.165) is 36.1 Å². The minimum Gasteiger partial charge on any atom is -0.492 e. The Morgan fingerprint density at radius 2 is 1.77 bits per heavy atom. The van der Waals surface area contributed by atoms with Crippen LogP contribution in [0.5, 0.6) is 11.5 Å². The van der Waals surface area contributed by atoms with Crippen molar-refractivity contribution in [3.8, 4) is 11.5 Å². The highest BCUT2D eigenvalue weighted by Gasteiger charge is 2.09. The molecule has 0 aliphatic rings. The summed E-state index contributed by atoms with van der Waals surface area (Å²) in [6.45, 7) is 7.33. The molecule has 162 valence electrons. The maximum Gasteiger partial charge on any atom is 0.141 e. The molecule has 0 unspecified atom stereocenters. The second kappa shape index (κ2) is 13.5. The summed E-state index contributed by atoms with van der Waals surface area (Å²) in [5.74, 6) is 1.31. The Bertz CT molecular complexity index is 814. The van der Waals surface area contributed by atoms with Gasteiger partial charge in [-0.25, -0.2) is 0 Å². The zero-order chi connectivity index (χ0) is 21.8.